The van der Waals surface area contributed by atoms with Crippen LogP contribution in [0, 0.1) is 0 Å². The minimum atomic E-state index is -3.29. The first-order chi connectivity index (χ1) is 8.02. The van der Waals surface area contributed by atoms with E-state index in [0.29, 0.717) is 11.3 Å². The third kappa shape index (κ3) is 2.29. The predicted molar refractivity (Wildman–Crippen MR) is 64.3 cm³/mol. The fourth-order valence-electron chi connectivity index (χ4n) is 1.62. The van der Waals surface area contributed by atoms with Gasteiger partial charge in [0.1, 0.15) is 0 Å². The second-order valence-corrected chi connectivity index (χ2v) is 5.69. The number of sulfone groups is 1. The molecule has 0 saturated heterocycles. The van der Waals surface area contributed by atoms with Crippen LogP contribution >= 0.6 is 0 Å². The Morgan fingerprint density at radius 1 is 1.18 bits per heavy atom. The first kappa shape index (κ1) is 11.6. The van der Waals surface area contributed by atoms with Crippen LogP contribution in [0.3, 0.4) is 0 Å². The van der Waals surface area contributed by atoms with Crippen LogP contribution in [0.15, 0.2) is 47.6 Å². The molecule has 1 heterocycles. The number of hydrogen-bond acceptors (Lipinski definition) is 3. The van der Waals surface area contributed by atoms with Gasteiger partial charge in [0, 0.05) is 24.2 Å². The zero-order valence-electron chi connectivity index (χ0n) is 9.20. The van der Waals surface area contributed by atoms with Gasteiger partial charge in [-0.1, -0.05) is 12.1 Å². The Bertz CT molecular complexity index is 656. The molecule has 17 heavy (non-hydrogen) atoms. The van der Waals surface area contributed by atoms with E-state index < -0.39 is 9.84 Å². The number of benzene rings is 1. The standard InChI is InChI=1S/C12H11NO3S/c1-17(15,16)12-5-3-2-4-11(12)13-7-6-10(8-13)9-14/h2-9H,1H3. The monoisotopic (exact) mass is 249 g/mol. The second kappa shape index (κ2) is 4.18. The fraction of sp³-hybridized carbons (Fsp3) is 0.0833. The zero-order valence-corrected chi connectivity index (χ0v) is 10.0. The molecule has 0 radical (unpaired) electrons. The first-order valence-corrected chi connectivity index (χ1v) is 6.84. The maximum absolute atomic E-state index is 11.6. The summed E-state index contributed by atoms with van der Waals surface area (Å²) in [6.45, 7) is 0. The van der Waals surface area contributed by atoms with Crippen LogP contribution in [0.5, 0.6) is 0 Å². The number of aromatic nitrogens is 1. The molecule has 2 rings (SSSR count). The van der Waals surface area contributed by atoms with Crippen molar-refractivity contribution in [3.63, 3.8) is 0 Å². The highest BCUT2D eigenvalue weighted by Crippen LogP contribution is 2.20. The molecule has 0 aliphatic carbocycles. The summed E-state index contributed by atoms with van der Waals surface area (Å²) in [4.78, 5) is 10.8. The summed E-state index contributed by atoms with van der Waals surface area (Å²) >= 11 is 0. The minimum Gasteiger partial charge on any atom is -0.322 e. The van der Waals surface area contributed by atoms with Gasteiger partial charge in [0.2, 0.25) is 0 Å². The molecular formula is C12H11NO3S. The quantitative estimate of drug-likeness (QED) is 0.778. The summed E-state index contributed by atoms with van der Waals surface area (Å²) in [7, 11) is -3.29. The Morgan fingerprint density at radius 2 is 1.88 bits per heavy atom. The lowest BCUT2D eigenvalue weighted by Crippen LogP contribution is -2.03. The number of rotatable bonds is 3. The van der Waals surface area contributed by atoms with Gasteiger partial charge >= 0.3 is 0 Å². The van der Waals surface area contributed by atoms with Crippen molar-refractivity contribution in [2.45, 2.75) is 4.90 Å². The van der Waals surface area contributed by atoms with Crippen molar-refractivity contribution in [1.29, 1.82) is 0 Å². The molecule has 4 nitrogen and oxygen atoms in total. The maximum atomic E-state index is 11.6. The summed E-state index contributed by atoms with van der Waals surface area (Å²) in [5.41, 5.74) is 1.05. The third-order valence-electron chi connectivity index (χ3n) is 2.39. The van der Waals surface area contributed by atoms with Gasteiger partial charge in [0.15, 0.2) is 16.1 Å². The van der Waals surface area contributed by atoms with Crippen molar-refractivity contribution in [2.75, 3.05) is 6.26 Å². The predicted octanol–water partition coefficient (Wildman–Crippen LogP) is 1.69. The van der Waals surface area contributed by atoms with Crippen LogP contribution in [0.4, 0.5) is 0 Å². The molecule has 0 N–H and O–H groups in total. The molecule has 1 aromatic heterocycles. The normalized spacial score (nSPS) is 11.4. The molecule has 1 aromatic carbocycles. The highest BCUT2D eigenvalue weighted by Gasteiger charge is 2.13. The van der Waals surface area contributed by atoms with Crippen molar-refractivity contribution in [1.82, 2.24) is 4.57 Å². The van der Waals surface area contributed by atoms with Crippen molar-refractivity contribution in [3.05, 3.63) is 48.3 Å². The lowest BCUT2D eigenvalue weighted by molar-refractivity contribution is 0.112. The highest BCUT2D eigenvalue weighted by atomic mass is 32.2. The largest absolute Gasteiger partial charge is 0.322 e. The van der Waals surface area contributed by atoms with Gasteiger partial charge in [-0.2, -0.15) is 0 Å². The Labute approximate surface area is 99.4 Å². The van der Waals surface area contributed by atoms with E-state index in [-0.39, 0.29) is 4.90 Å². The first-order valence-electron chi connectivity index (χ1n) is 4.95. The Morgan fingerprint density at radius 3 is 2.47 bits per heavy atom. The fourth-order valence-corrected chi connectivity index (χ4v) is 2.50. The van der Waals surface area contributed by atoms with E-state index in [9.17, 15) is 13.2 Å². The van der Waals surface area contributed by atoms with Crippen LogP contribution in [0.25, 0.3) is 5.69 Å². The highest BCUT2D eigenvalue weighted by molar-refractivity contribution is 7.90. The average Bonchev–Trinajstić information content (AvgIpc) is 2.76. The van der Waals surface area contributed by atoms with E-state index in [1.54, 1.807) is 47.3 Å². The van der Waals surface area contributed by atoms with Crippen LogP contribution < -0.4 is 0 Å². The van der Waals surface area contributed by atoms with Gasteiger partial charge in [-0.25, -0.2) is 8.42 Å². The van der Waals surface area contributed by atoms with Gasteiger partial charge in [0.25, 0.3) is 0 Å². The number of para-hydroxylation sites is 1. The molecule has 88 valence electrons. The zero-order chi connectivity index (χ0) is 12.5. The topological polar surface area (TPSA) is 56.1 Å². The summed E-state index contributed by atoms with van der Waals surface area (Å²) < 4.78 is 24.9. The van der Waals surface area contributed by atoms with E-state index >= 15 is 0 Å². The van der Waals surface area contributed by atoms with Crippen molar-refractivity contribution >= 4 is 16.1 Å². The molecule has 0 amide bonds. The van der Waals surface area contributed by atoms with Crippen molar-refractivity contribution in [3.8, 4) is 5.69 Å². The number of carbonyl (C=O) groups is 1. The van der Waals surface area contributed by atoms with Crippen molar-refractivity contribution in [2.24, 2.45) is 0 Å². The van der Waals surface area contributed by atoms with Crippen molar-refractivity contribution < 1.29 is 13.2 Å². The lowest BCUT2D eigenvalue weighted by atomic mass is 10.3. The molecular weight excluding hydrogens is 238 g/mol. The van der Waals surface area contributed by atoms with Crippen LogP contribution in [0.1, 0.15) is 10.4 Å². The molecule has 0 aliphatic rings. The SMILES string of the molecule is CS(=O)(=O)c1ccccc1-n1ccc(C=O)c1. The molecule has 0 spiro atoms. The van der Waals surface area contributed by atoms with Gasteiger partial charge < -0.3 is 4.57 Å². The van der Waals surface area contributed by atoms with Crippen LogP contribution in [0.2, 0.25) is 0 Å². The maximum Gasteiger partial charge on any atom is 0.177 e. The Balaban J connectivity index is 2.63. The number of hydrogen-bond donors (Lipinski definition) is 0. The average molecular weight is 249 g/mol. The van der Waals surface area contributed by atoms with E-state index in [0.717, 1.165) is 12.5 Å². The summed E-state index contributed by atoms with van der Waals surface area (Å²) in [5.74, 6) is 0. The molecule has 2 aromatic rings. The molecule has 0 saturated carbocycles. The van der Waals surface area contributed by atoms with Gasteiger partial charge in [-0.15, -0.1) is 0 Å². The summed E-state index contributed by atoms with van der Waals surface area (Å²) in [6.07, 6.45) is 5.14. The van der Waals surface area contributed by atoms with Gasteiger partial charge in [-0.3, -0.25) is 4.79 Å². The Hall–Kier alpha value is -1.88. The molecule has 5 heteroatoms. The van der Waals surface area contributed by atoms with E-state index in [4.69, 9.17) is 0 Å². The van der Waals surface area contributed by atoms with Crippen LogP contribution in [-0.4, -0.2) is 25.5 Å². The van der Waals surface area contributed by atoms with E-state index in [1.807, 2.05) is 0 Å². The number of carbonyl (C=O) groups excluding carboxylic acids is 1. The Kier molecular flexibility index (Phi) is 2.85. The minimum absolute atomic E-state index is 0.244. The van der Waals surface area contributed by atoms with Gasteiger partial charge in [-0.05, 0) is 18.2 Å². The molecule has 0 unspecified atom stereocenters. The second-order valence-electron chi connectivity index (χ2n) is 3.71. The van der Waals surface area contributed by atoms with E-state index in [1.165, 1.54) is 0 Å². The third-order valence-corrected chi connectivity index (χ3v) is 3.54. The molecule has 0 aliphatic heterocycles. The van der Waals surface area contributed by atoms with Gasteiger partial charge in [0.05, 0.1) is 10.6 Å². The van der Waals surface area contributed by atoms with E-state index in [2.05, 4.69) is 0 Å². The smallest absolute Gasteiger partial charge is 0.177 e. The van der Waals surface area contributed by atoms with Crippen LogP contribution in [-0.2, 0) is 9.84 Å². The summed E-state index contributed by atoms with van der Waals surface area (Å²) in [6, 6.07) is 8.30. The number of nitrogens with zero attached hydrogens (tertiary/aromatic N) is 1. The molecule has 0 atom stereocenters. The number of aldehydes is 1. The molecule has 0 fully saturated rings. The lowest BCUT2D eigenvalue weighted by Gasteiger charge is -2.08. The molecule has 0 bridgehead atoms. The summed E-state index contributed by atoms with van der Waals surface area (Å²) in [5, 5.41) is 0.